The number of fused-ring (bicyclic) bond motifs is 1. The SMILES string of the molecule is C#CCOc1ccc([C@H]2SCC(=O)Nc3n[nH]c(C)c32)cc1OC. The van der Waals surface area contributed by atoms with Gasteiger partial charge in [-0.25, -0.2) is 0 Å². The van der Waals surface area contributed by atoms with Crippen molar-refractivity contribution in [3.05, 3.63) is 35.0 Å². The molecule has 1 aliphatic rings. The highest BCUT2D eigenvalue weighted by Gasteiger charge is 2.28. The van der Waals surface area contributed by atoms with Gasteiger partial charge in [0.25, 0.3) is 0 Å². The van der Waals surface area contributed by atoms with Crippen molar-refractivity contribution < 1.29 is 14.3 Å². The summed E-state index contributed by atoms with van der Waals surface area (Å²) in [4.78, 5) is 11.9. The van der Waals surface area contributed by atoms with Crippen LogP contribution in [0.15, 0.2) is 18.2 Å². The van der Waals surface area contributed by atoms with Crippen LogP contribution in [0.25, 0.3) is 0 Å². The highest BCUT2D eigenvalue weighted by atomic mass is 32.2. The molecule has 1 aromatic heterocycles. The Balaban J connectivity index is 2.00. The lowest BCUT2D eigenvalue weighted by Crippen LogP contribution is -2.12. The smallest absolute Gasteiger partial charge is 0.235 e. The molecule has 124 valence electrons. The van der Waals surface area contributed by atoms with Crippen LogP contribution in [0.1, 0.15) is 22.1 Å². The molecule has 0 saturated heterocycles. The molecule has 6 nitrogen and oxygen atoms in total. The van der Waals surface area contributed by atoms with Gasteiger partial charge in [-0.3, -0.25) is 9.89 Å². The highest BCUT2D eigenvalue weighted by molar-refractivity contribution is 8.00. The zero-order valence-electron chi connectivity index (χ0n) is 13.4. The Kier molecular flexibility index (Phi) is 4.67. The fourth-order valence-corrected chi connectivity index (χ4v) is 3.80. The molecule has 2 heterocycles. The lowest BCUT2D eigenvalue weighted by atomic mass is 10.0. The van der Waals surface area contributed by atoms with Gasteiger partial charge in [0.1, 0.15) is 6.61 Å². The maximum Gasteiger partial charge on any atom is 0.235 e. The molecule has 0 fully saturated rings. The minimum Gasteiger partial charge on any atom is -0.493 e. The van der Waals surface area contributed by atoms with E-state index in [9.17, 15) is 4.79 Å². The molecule has 24 heavy (non-hydrogen) atoms. The molecule has 2 aromatic rings. The first-order valence-electron chi connectivity index (χ1n) is 7.34. The first-order chi connectivity index (χ1) is 11.6. The van der Waals surface area contributed by atoms with E-state index in [4.69, 9.17) is 15.9 Å². The maximum absolute atomic E-state index is 11.9. The van der Waals surface area contributed by atoms with Gasteiger partial charge in [-0.2, -0.15) is 5.10 Å². The largest absolute Gasteiger partial charge is 0.493 e. The zero-order chi connectivity index (χ0) is 17.1. The molecule has 1 amide bonds. The average Bonchev–Trinajstić information content (AvgIpc) is 2.84. The van der Waals surface area contributed by atoms with Crippen molar-refractivity contribution in [2.24, 2.45) is 0 Å². The lowest BCUT2D eigenvalue weighted by Gasteiger charge is -2.17. The van der Waals surface area contributed by atoms with E-state index in [1.165, 1.54) is 0 Å². The number of terminal acetylenes is 1. The summed E-state index contributed by atoms with van der Waals surface area (Å²) < 4.78 is 10.9. The van der Waals surface area contributed by atoms with Gasteiger partial charge in [0, 0.05) is 11.3 Å². The Morgan fingerprint density at radius 2 is 2.29 bits per heavy atom. The van der Waals surface area contributed by atoms with Gasteiger partial charge < -0.3 is 14.8 Å². The summed E-state index contributed by atoms with van der Waals surface area (Å²) in [6, 6.07) is 5.70. The number of methoxy groups -OCH3 is 1. The predicted molar refractivity (Wildman–Crippen MR) is 93.6 cm³/mol. The summed E-state index contributed by atoms with van der Waals surface area (Å²) in [5.74, 6) is 4.52. The quantitative estimate of drug-likeness (QED) is 0.834. The van der Waals surface area contributed by atoms with Crippen molar-refractivity contribution in [1.82, 2.24) is 10.2 Å². The van der Waals surface area contributed by atoms with Crippen LogP contribution < -0.4 is 14.8 Å². The van der Waals surface area contributed by atoms with Crippen LogP contribution in [-0.2, 0) is 4.79 Å². The Morgan fingerprint density at radius 1 is 1.46 bits per heavy atom. The van der Waals surface area contributed by atoms with Gasteiger partial charge >= 0.3 is 0 Å². The number of thioether (sulfide) groups is 1. The van der Waals surface area contributed by atoms with E-state index < -0.39 is 0 Å². The Bertz CT molecular complexity index is 810. The number of aromatic amines is 1. The molecule has 0 spiro atoms. The Morgan fingerprint density at radius 3 is 3.04 bits per heavy atom. The molecule has 7 heteroatoms. The first kappa shape index (κ1) is 16.3. The molecule has 0 aliphatic carbocycles. The molecule has 0 bridgehead atoms. The summed E-state index contributed by atoms with van der Waals surface area (Å²) in [6.07, 6.45) is 5.23. The van der Waals surface area contributed by atoms with Crippen LogP contribution in [-0.4, -0.2) is 35.6 Å². The third-order valence-electron chi connectivity index (χ3n) is 3.70. The van der Waals surface area contributed by atoms with E-state index in [0.717, 1.165) is 16.8 Å². The van der Waals surface area contributed by atoms with Crippen LogP contribution >= 0.6 is 11.8 Å². The van der Waals surface area contributed by atoms with Crippen molar-refractivity contribution in [3.8, 4) is 23.8 Å². The van der Waals surface area contributed by atoms with Gasteiger partial charge in [-0.05, 0) is 24.6 Å². The lowest BCUT2D eigenvalue weighted by molar-refractivity contribution is -0.113. The molecular weight excluding hydrogens is 326 g/mol. The van der Waals surface area contributed by atoms with E-state index in [0.29, 0.717) is 23.1 Å². The average molecular weight is 343 g/mol. The molecular formula is C17H17N3O3S. The topological polar surface area (TPSA) is 76.2 Å². The number of carbonyl (C=O) groups is 1. The fourth-order valence-electron chi connectivity index (χ4n) is 2.61. The number of hydrogen-bond donors (Lipinski definition) is 2. The fraction of sp³-hybridized carbons (Fsp3) is 0.294. The van der Waals surface area contributed by atoms with Crippen molar-refractivity contribution in [2.45, 2.75) is 12.2 Å². The van der Waals surface area contributed by atoms with Crippen LogP contribution in [0.2, 0.25) is 0 Å². The van der Waals surface area contributed by atoms with Gasteiger partial charge in [-0.1, -0.05) is 12.0 Å². The minimum atomic E-state index is -0.0591. The molecule has 0 radical (unpaired) electrons. The summed E-state index contributed by atoms with van der Waals surface area (Å²) in [7, 11) is 1.59. The second-order valence-corrected chi connectivity index (χ2v) is 6.35. The molecule has 2 N–H and O–H groups in total. The van der Waals surface area contributed by atoms with Crippen LogP contribution in [0.5, 0.6) is 11.5 Å². The van der Waals surface area contributed by atoms with E-state index in [1.807, 2.05) is 25.1 Å². The molecule has 1 aromatic carbocycles. The number of amides is 1. The summed E-state index contributed by atoms with van der Waals surface area (Å²) >= 11 is 1.55. The normalized spacial score (nSPS) is 16.5. The van der Waals surface area contributed by atoms with E-state index in [1.54, 1.807) is 18.9 Å². The number of anilines is 1. The number of carbonyl (C=O) groups excluding carboxylic acids is 1. The predicted octanol–water partition coefficient (Wildman–Crippen LogP) is 2.51. The van der Waals surface area contributed by atoms with Crippen molar-refractivity contribution >= 4 is 23.5 Å². The molecule has 0 unspecified atom stereocenters. The third-order valence-corrected chi connectivity index (χ3v) is 4.97. The van der Waals surface area contributed by atoms with Crippen LogP contribution in [0.3, 0.4) is 0 Å². The van der Waals surface area contributed by atoms with E-state index >= 15 is 0 Å². The molecule has 0 saturated carbocycles. The zero-order valence-corrected chi connectivity index (χ0v) is 14.2. The van der Waals surface area contributed by atoms with Gasteiger partial charge in [-0.15, -0.1) is 18.2 Å². The number of hydrogen-bond acceptors (Lipinski definition) is 5. The second-order valence-electron chi connectivity index (χ2n) is 5.25. The van der Waals surface area contributed by atoms with Gasteiger partial charge in [0.2, 0.25) is 5.91 Å². The number of aromatic nitrogens is 2. The molecule has 3 rings (SSSR count). The standard InChI is InChI=1S/C17H17N3O3S/c1-4-7-23-12-6-5-11(8-13(12)22-3)16-15-10(2)19-20-17(15)18-14(21)9-24-16/h1,5-6,8,16H,7,9H2,2-3H3,(H2,18,19,20,21)/t16-/m1/s1. The third kappa shape index (κ3) is 3.05. The number of H-pyrrole nitrogens is 1. The van der Waals surface area contributed by atoms with Crippen molar-refractivity contribution in [2.75, 3.05) is 24.8 Å². The molecule has 1 atom stereocenters. The van der Waals surface area contributed by atoms with Crippen LogP contribution in [0, 0.1) is 19.3 Å². The number of aryl methyl sites for hydroxylation is 1. The summed E-state index contributed by atoms with van der Waals surface area (Å²) in [5, 5.41) is 9.93. The molecule has 1 aliphatic heterocycles. The maximum atomic E-state index is 11.9. The second kappa shape index (κ2) is 6.89. The number of ether oxygens (including phenoxy) is 2. The number of benzene rings is 1. The van der Waals surface area contributed by atoms with Crippen molar-refractivity contribution in [3.63, 3.8) is 0 Å². The van der Waals surface area contributed by atoms with Gasteiger partial charge in [0.05, 0.1) is 18.1 Å². The monoisotopic (exact) mass is 343 g/mol. The summed E-state index contributed by atoms with van der Waals surface area (Å²) in [5.41, 5.74) is 2.91. The summed E-state index contributed by atoms with van der Waals surface area (Å²) in [6.45, 7) is 2.12. The minimum absolute atomic E-state index is 0.0340. The number of nitrogens with zero attached hydrogens (tertiary/aromatic N) is 1. The number of rotatable bonds is 4. The van der Waals surface area contributed by atoms with E-state index in [-0.39, 0.29) is 17.8 Å². The number of nitrogens with one attached hydrogen (secondary N) is 2. The van der Waals surface area contributed by atoms with Crippen molar-refractivity contribution in [1.29, 1.82) is 0 Å². The van der Waals surface area contributed by atoms with Gasteiger partial charge in [0.15, 0.2) is 17.3 Å². The first-order valence-corrected chi connectivity index (χ1v) is 8.39. The Hall–Kier alpha value is -2.59. The van der Waals surface area contributed by atoms with E-state index in [2.05, 4.69) is 21.4 Å². The highest BCUT2D eigenvalue weighted by Crippen LogP contribution is 2.44. The Labute approximate surface area is 144 Å². The van der Waals surface area contributed by atoms with Crippen LogP contribution in [0.4, 0.5) is 5.82 Å².